The number of alkyl halides is 1. The summed E-state index contributed by atoms with van der Waals surface area (Å²) in [5.74, 6) is -1.77. The molecule has 2 saturated carbocycles. The maximum Gasteiger partial charge on any atom is 0.253 e. The van der Waals surface area contributed by atoms with Crippen LogP contribution in [0.4, 0.5) is 4.39 Å². The fourth-order valence-corrected chi connectivity index (χ4v) is 7.85. The minimum atomic E-state index is -1.97. The third-order valence-corrected chi connectivity index (χ3v) is 9.83. The van der Waals surface area contributed by atoms with E-state index in [4.69, 9.17) is 0 Å². The fourth-order valence-electron chi connectivity index (χ4n) is 7.85. The van der Waals surface area contributed by atoms with Gasteiger partial charge in [0.25, 0.3) is 5.91 Å². The summed E-state index contributed by atoms with van der Waals surface area (Å²) in [5, 5.41) is 26.3. The van der Waals surface area contributed by atoms with Crippen LogP contribution >= 0.6 is 0 Å². The van der Waals surface area contributed by atoms with Gasteiger partial charge in [0.05, 0.1) is 6.10 Å². The highest BCUT2D eigenvalue weighted by Crippen LogP contribution is 2.70. The number of carbonyl (C=O) groups excluding carboxylic acids is 2. The molecule has 5 rings (SSSR count). The first-order chi connectivity index (χ1) is 16.0. The summed E-state index contributed by atoms with van der Waals surface area (Å²) in [4.78, 5) is 25.5. The first-order valence-electron chi connectivity index (χ1n) is 12.3. The smallest absolute Gasteiger partial charge is 0.253 e. The normalized spacial score (nSPS) is 45.1. The van der Waals surface area contributed by atoms with Gasteiger partial charge in [-0.2, -0.15) is 0 Å². The zero-order valence-corrected chi connectivity index (χ0v) is 20.1. The minimum Gasteiger partial charge on any atom is -0.390 e. The van der Waals surface area contributed by atoms with Crippen LogP contribution in [0.3, 0.4) is 0 Å². The molecule has 34 heavy (non-hydrogen) atoms. The molecule has 1 aromatic carbocycles. The lowest BCUT2D eigenvalue weighted by molar-refractivity contribution is -0.215. The molecule has 182 valence electrons. The summed E-state index contributed by atoms with van der Waals surface area (Å²) in [7, 11) is 0. The summed E-state index contributed by atoms with van der Waals surface area (Å²) in [6.45, 7) is 5.76. The number of aliphatic hydroxyl groups excluding tert-OH is 1. The number of rotatable bonds is 3. The number of hydrogen-bond acceptors (Lipinski definition) is 4. The van der Waals surface area contributed by atoms with Crippen molar-refractivity contribution in [1.82, 2.24) is 5.32 Å². The summed E-state index contributed by atoms with van der Waals surface area (Å²) in [6.07, 6.45) is 4.68. The Morgan fingerprint density at radius 1 is 1.21 bits per heavy atom. The van der Waals surface area contributed by atoms with Crippen molar-refractivity contribution in [2.45, 2.75) is 70.4 Å². The fraction of sp³-hybridized carbons (Fsp3) is 0.571. The molecule has 0 aliphatic heterocycles. The Hall–Kier alpha value is -2.31. The first kappa shape index (κ1) is 23.4. The Morgan fingerprint density at radius 2 is 1.91 bits per heavy atom. The van der Waals surface area contributed by atoms with E-state index in [1.54, 1.807) is 13.0 Å². The number of aliphatic hydroxyl groups is 2. The number of benzene rings is 1. The molecule has 6 heteroatoms. The molecule has 0 bridgehead atoms. The summed E-state index contributed by atoms with van der Waals surface area (Å²) < 4.78 is 17.2. The number of carbonyl (C=O) groups is 2. The van der Waals surface area contributed by atoms with Crippen molar-refractivity contribution in [3.05, 3.63) is 59.7 Å². The Kier molecular flexibility index (Phi) is 5.23. The van der Waals surface area contributed by atoms with Crippen LogP contribution < -0.4 is 5.32 Å². The second kappa shape index (κ2) is 7.59. The highest BCUT2D eigenvalue weighted by molar-refractivity contribution is 5.93. The SMILES string of the molecule is C[C@@H]1CC2C3CC=C4CC(=O)C=C[C@]4(C)[C@@]3(F)[C@@H](O)C[C@]2(C)[C@@]1(O)C(=O)NCc1ccccc1. The predicted molar refractivity (Wildman–Crippen MR) is 126 cm³/mol. The maximum atomic E-state index is 17.2. The Bertz CT molecular complexity index is 1090. The number of allylic oxidation sites excluding steroid dienone is 4. The monoisotopic (exact) mass is 467 g/mol. The van der Waals surface area contributed by atoms with Crippen LogP contribution in [0.5, 0.6) is 0 Å². The second-order valence-corrected chi connectivity index (χ2v) is 11.3. The quantitative estimate of drug-likeness (QED) is 0.593. The Balaban J connectivity index is 1.49. The average molecular weight is 468 g/mol. The minimum absolute atomic E-state index is 0.0189. The van der Waals surface area contributed by atoms with Gasteiger partial charge in [-0.25, -0.2) is 4.39 Å². The van der Waals surface area contributed by atoms with Gasteiger partial charge in [0.1, 0.15) is 0 Å². The Labute approximate surface area is 200 Å². The van der Waals surface area contributed by atoms with E-state index in [1.165, 1.54) is 6.08 Å². The van der Waals surface area contributed by atoms with Gasteiger partial charge in [-0.05, 0) is 49.7 Å². The van der Waals surface area contributed by atoms with Crippen LogP contribution in [-0.4, -0.2) is 39.3 Å². The standard InChI is InChI=1S/C28H34FNO4/c1-17-13-22-21-10-9-19-14-20(31)11-12-25(19,2)27(21,29)23(32)15-26(22,3)28(17,34)24(33)30-16-18-7-5-4-6-8-18/h4-9,11-12,17,21-23,32,34H,10,13-16H2,1-3H3,(H,30,33)/t17-,21?,22?,23+,25+,26+,27+,28+/m1/s1. The van der Waals surface area contributed by atoms with E-state index in [1.807, 2.05) is 50.3 Å². The van der Waals surface area contributed by atoms with Crippen molar-refractivity contribution >= 4 is 11.7 Å². The third kappa shape index (κ3) is 2.84. The van der Waals surface area contributed by atoms with E-state index in [0.29, 0.717) is 12.8 Å². The van der Waals surface area contributed by atoms with Crippen molar-refractivity contribution < 1.29 is 24.2 Å². The number of nitrogens with one attached hydrogen (secondary N) is 1. The molecule has 1 aromatic rings. The van der Waals surface area contributed by atoms with E-state index >= 15 is 4.39 Å². The predicted octanol–water partition coefficient (Wildman–Crippen LogP) is 3.65. The molecule has 0 saturated heterocycles. The molecule has 0 heterocycles. The van der Waals surface area contributed by atoms with Crippen molar-refractivity contribution in [1.29, 1.82) is 0 Å². The molecule has 0 radical (unpaired) electrons. The highest BCUT2D eigenvalue weighted by Gasteiger charge is 2.75. The van der Waals surface area contributed by atoms with E-state index in [2.05, 4.69) is 5.32 Å². The van der Waals surface area contributed by atoms with Crippen LogP contribution in [0, 0.1) is 28.6 Å². The van der Waals surface area contributed by atoms with Crippen molar-refractivity contribution in [3.63, 3.8) is 0 Å². The molecular weight excluding hydrogens is 433 g/mol. The largest absolute Gasteiger partial charge is 0.390 e. The second-order valence-electron chi connectivity index (χ2n) is 11.3. The van der Waals surface area contributed by atoms with E-state index in [9.17, 15) is 19.8 Å². The molecule has 8 atom stereocenters. The molecule has 3 N–H and O–H groups in total. The van der Waals surface area contributed by atoms with Crippen LogP contribution in [0.1, 0.15) is 52.0 Å². The summed E-state index contributed by atoms with van der Waals surface area (Å²) >= 11 is 0. The lowest BCUT2D eigenvalue weighted by Crippen LogP contribution is -2.69. The van der Waals surface area contributed by atoms with E-state index in [-0.39, 0.29) is 31.1 Å². The lowest BCUT2D eigenvalue weighted by atomic mass is 9.45. The van der Waals surface area contributed by atoms with Crippen molar-refractivity contribution in [2.24, 2.45) is 28.6 Å². The third-order valence-electron chi connectivity index (χ3n) is 9.83. The van der Waals surface area contributed by atoms with Crippen molar-refractivity contribution in [3.8, 4) is 0 Å². The lowest BCUT2D eigenvalue weighted by Gasteiger charge is -2.61. The number of fused-ring (bicyclic) bond motifs is 5. The molecule has 2 unspecified atom stereocenters. The van der Waals surface area contributed by atoms with Crippen LogP contribution in [0.15, 0.2) is 54.1 Å². The highest BCUT2D eigenvalue weighted by atomic mass is 19.1. The topological polar surface area (TPSA) is 86.6 Å². The van der Waals surface area contributed by atoms with Gasteiger partial charge < -0.3 is 15.5 Å². The molecule has 0 spiro atoms. The zero-order valence-electron chi connectivity index (χ0n) is 20.1. The van der Waals surface area contributed by atoms with Gasteiger partial charge in [-0.3, -0.25) is 9.59 Å². The van der Waals surface area contributed by atoms with Gasteiger partial charge in [0.2, 0.25) is 0 Å². The van der Waals surface area contributed by atoms with Crippen LogP contribution in [0.2, 0.25) is 0 Å². The van der Waals surface area contributed by atoms with Crippen molar-refractivity contribution in [2.75, 3.05) is 0 Å². The van der Waals surface area contributed by atoms with Crippen LogP contribution in [-0.2, 0) is 16.1 Å². The molecule has 1 amide bonds. The number of hydrogen-bond donors (Lipinski definition) is 3. The van der Waals surface area contributed by atoms with Gasteiger partial charge in [0.15, 0.2) is 17.1 Å². The summed E-state index contributed by atoms with van der Waals surface area (Å²) in [5.41, 5.74) is -4.10. The average Bonchev–Trinajstić information content (AvgIpc) is 3.01. The van der Waals surface area contributed by atoms with E-state index < -0.39 is 45.9 Å². The zero-order chi connectivity index (χ0) is 24.5. The molecule has 4 aliphatic rings. The number of ketones is 1. The summed E-state index contributed by atoms with van der Waals surface area (Å²) in [6, 6.07) is 9.50. The van der Waals surface area contributed by atoms with Gasteiger partial charge in [-0.15, -0.1) is 0 Å². The molecule has 0 aromatic heterocycles. The van der Waals surface area contributed by atoms with Gasteiger partial charge in [-0.1, -0.05) is 61.9 Å². The first-order valence-corrected chi connectivity index (χ1v) is 12.3. The Morgan fingerprint density at radius 3 is 2.62 bits per heavy atom. The molecule has 2 fully saturated rings. The van der Waals surface area contributed by atoms with E-state index in [0.717, 1.165) is 11.1 Å². The van der Waals surface area contributed by atoms with Gasteiger partial charge >= 0.3 is 0 Å². The molecular formula is C28H34FNO4. The number of amides is 1. The van der Waals surface area contributed by atoms with Crippen LogP contribution in [0.25, 0.3) is 0 Å². The maximum absolute atomic E-state index is 17.2. The van der Waals surface area contributed by atoms with Gasteiger partial charge in [0, 0.05) is 29.7 Å². The molecule has 4 aliphatic carbocycles. The number of halogens is 1. The molecule has 5 nitrogen and oxygen atoms in total.